The first-order chi connectivity index (χ1) is 13.6. The van der Waals surface area contributed by atoms with E-state index in [0.717, 1.165) is 39.1 Å². The van der Waals surface area contributed by atoms with Gasteiger partial charge in [0.15, 0.2) is 0 Å². The molecule has 1 aliphatic rings. The molecule has 1 N–H and O–H groups in total. The number of benzene rings is 1. The van der Waals surface area contributed by atoms with Crippen LogP contribution < -0.4 is 5.32 Å². The molecule has 28 heavy (non-hydrogen) atoms. The van der Waals surface area contributed by atoms with Crippen molar-refractivity contribution in [3.05, 3.63) is 57.8 Å². The van der Waals surface area contributed by atoms with E-state index in [1.54, 1.807) is 0 Å². The lowest BCUT2D eigenvalue weighted by Gasteiger charge is -2.22. The minimum absolute atomic E-state index is 0.0519. The van der Waals surface area contributed by atoms with Gasteiger partial charge in [-0.05, 0) is 36.8 Å². The highest BCUT2D eigenvalue weighted by atomic mass is 32.1. The number of nitrogens with one attached hydrogen (secondary N) is 1. The Balaban J connectivity index is 1.36. The second-order valence-corrected chi connectivity index (χ2v) is 8.28. The summed E-state index contributed by atoms with van der Waals surface area (Å²) in [6, 6.07) is 12.4. The zero-order valence-corrected chi connectivity index (χ0v) is 17.3. The Labute approximate surface area is 171 Å². The highest BCUT2D eigenvalue weighted by Gasteiger charge is 2.19. The van der Waals surface area contributed by atoms with Crippen LogP contribution in [0.2, 0.25) is 0 Å². The summed E-state index contributed by atoms with van der Waals surface area (Å²) in [7, 11) is 0. The number of nitrogens with zero attached hydrogens (tertiary/aromatic N) is 2. The fourth-order valence-electron chi connectivity index (χ4n) is 3.42. The largest absolute Gasteiger partial charge is 0.351 e. The second kappa shape index (κ2) is 10.4. The van der Waals surface area contributed by atoms with Gasteiger partial charge in [0.2, 0.25) is 5.91 Å². The molecule has 0 aliphatic carbocycles. The van der Waals surface area contributed by atoms with Gasteiger partial charge in [-0.15, -0.1) is 11.3 Å². The molecule has 0 radical (unpaired) electrons. The van der Waals surface area contributed by atoms with Crippen LogP contribution in [0.25, 0.3) is 0 Å². The van der Waals surface area contributed by atoms with E-state index in [1.165, 1.54) is 22.5 Å². The average molecular weight is 400 g/mol. The summed E-state index contributed by atoms with van der Waals surface area (Å²) >= 11 is 1.43. The molecule has 0 saturated carbocycles. The first-order valence-electron chi connectivity index (χ1n) is 9.99. The van der Waals surface area contributed by atoms with Gasteiger partial charge in [-0.25, -0.2) is 0 Å². The number of rotatable bonds is 7. The van der Waals surface area contributed by atoms with Gasteiger partial charge in [-0.3, -0.25) is 14.5 Å². The van der Waals surface area contributed by atoms with Crippen LogP contribution in [0.15, 0.2) is 41.8 Å². The zero-order chi connectivity index (χ0) is 19.8. The van der Waals surface area contributed by atoms with Crippen molar-refractivity contribution in [1.29, 1.82) is 0 Å². The van der Waals surface area contributed by atoms with Gasteiger partial charge >= 0.3 is 0 Å². The normalized spacial score (nSPS) is 15.2. The molecule has 2 amide bonds. The van der Waals surface area contributed by atoms with E-state index in [4.69, 9.17) is 0 Å². The molecule has 6 heteroatoms. The number of hydrogen-bond donors (Lipinski definition) is 1. The van der Waals surface area contributed by atoms with Crippen LogP contribution in [0.1, 0.15) is 40.1 Å². The van der Waals surface area contributed by atoms with E-state index in [-0.39, 0.29) is 11.8 Å². The maximum absolute atomic E-state index is 12.5. The van der Waals surface area contributed by atoms with Crippen LogP contribution in [0.5, 0.6) is 0 Å². The number of aryl methyl sites for hydroxylation is 1. The molecule has 0 spiro atoms. The Morgan fingerprint density at radius 2 is 1.89 bits per heavy atom. The van der Waals surface area contributed by atoms with E-state index >= 15 is 0 Å². The van der Waals surface area contributed by atoms with Crippen molar-refractivity contribution < 1.29 is 9.59 Å². The van der Waals surface area contributed by atoms with E-state index in [9.17, 15) is 9.59 Å². The van der Waals surface area contributed by atoms with Gasteiger partial charge in [0.05, 0.1) is 4.88 Å². The monoisotopic (exact) mass is 399 g/mol. The summed E-state index contributed by atoms with van der Waals surface area (Å²) < 4.78 is 0. The van der Waals surface area contributed by atoms with E-state index in [0.29, 0.717) is 24.3 Å². The third-order valence-electron chi connectivity index (χ3n) is 5.07. The molecular weight excluding hydrogens is 370 g/mol. The Kier molecular flexibility index (Phi) is 7.62. The van der Waals surface area contributed by atoms with Crippen molar-refractivity contribution in [1.82, 2.24) is 15.1 Å². The fraction of sp³-hybridized carbons (Fsp3) is 0.455. The number of carbonyl (C=O) groups excluding carboxylic acids is 2. The van der Waals surface area contributed by atoms with Crippen molar-refractivity contribution in [3.8, 4) is 0 Å². The quantitative estimate of drug-likeness (QED) is 0.727. The third kappa shape index (κ3) is 6.17. The van der Waals surface area contributed by atoms with Crippen molar-refractivity contribution in [3.63, 3.8) is 0 Å². The van der Waals surface area contributed by atoms with E-state index in [1.807, 2.05) is 22.4 Å². The summed E-state index contributed by atoms with van der Waals surface area (Å²) in [5, 5.41) is 4.78. The SMILES string of the molecule is Cc1ccc(CN2CCCN(C(=O)CCCNC(=O)c3cccs3)CC2)cc1. The van der Waals surface area contributed by atoms with Crippen LogP contribution in [0, 0.1) is 6.92 Å². The maximum Gasteiger partial charge on any atom is 0.261 e. The maximum atomic E-state index is 12.5. The van der Waals surface area contributed by atoms with Crippen molar-refractivity contribution >= 4 is 23.2 Å². The standard InChI is InChI=1S/C22H29N3O2S/c1-18-7-9-19(10-8-18)17-24-12-4-13-25(15-14-24)21(26)6-2-11-23-22(27)20-5-3-16-28-20/h3,5,7-10,16H,2,4,6,11-15,17H2,1H3,(H,23,27). The highest BCUT2D eigenvalue weighted by Crippen LogP contribution is 2.12. The molecule has 5 nitrogen and oxygen atoms in total. The molecule has 1 aromatic carbocycles. The predicted molar refractivity (Wildman–Crippen MR) is 114 cm³/mol. The zero-order valence-electron chi connectivity index (χ0n) is 16.5. The number of hydrogen-bond acceptors (Lipinski definition) is 4. The molecule has 1 fully saturated rings. The molecule has 2 aromatic rings. The summed E-state index contributed by atoms with van der Waals surface area (Å²) in [6.45, 7) is 7.13. The smallest absolute Gasteiger partial charge is 0.261 e. The first-order valence-corrected chi connectivity index (χ1v) is 10.9. The van der Waals surface area contributed by atoms with Gasteiger partial charge in [0.1, 0.15) is 0 Å². The lowest BCUT2D eigenvalue weighted by atomic mass is 10.1. The lowest BCUT2D eigenvalue weighted by molar-refractivity contribution is -0.131. The molecular formula is C22H29N3O2S. The fourth-order valence-corrected chi connectivity index (χ4v) is 4.06. The topological polar surface area (TPSA) is 52.6 Å². The first kappa shape index (κ1) is 20.6. The van der Waals surface area contributed by atoms with Gasteiger partial charge in [0, 0.05) is 45.7 Å². The molecule has 2 heterocycles. The summed E-state index contributed by atoms with van der Waals surface area (Å²) in [6.07, 6.45) is 2.18. The third-order valence-corrected chi connectivity index (χ3v) is 5.93. The molecule has 150 valence electrons. The van der Waals surface area contributed by atoms with Gasteiger partial charge in [0.25, 0.3) is 5.91 Å². The van der Waals surface area contributed by atoms with Crippen LogP contribution in [-0.4, -0.2) is 54.3 Å². The summed E-state index contributed by atoms with van der Waals surface area (Å²) in [5.74, 6) is 0.145. The Morgan fingerprint density at radius 1 is 1.07 bits per heavy atom. The van der Waals surface area contributed by atoms with Gasteiger partial charge < -0.3 is 10.2 Å². The molecule has 3 rings (SSSR count). The number of amides is 2. The number of thiophene rings is 1. The molecule has 0 atom stereocenters. The van der Waals surface area contributed by atoms with Crippen LogP contribution in [0.3, 0.4) is 0 Å². The summed E-state index contributed by atoms with van der Waals surface area (Å²) in [5.41, 5.74) is 2.61. The van der Waals surface area contributed by atoms with Gasteiger partial charge in [-0.2, -0.15) is 0 Å². The van der Waals surface area contributed by atoms with Gasteiger partial charge in [-0.1, -0.05) is 35.9 Å². The predicted octanol–water partition coefficient (Wildman–Crippen LogP) is 3.30. The van der Waals surface area contributed by atoms with Crippen LogP contribution in [-0.2, 0) is 11.3 Å². The molecule has 0 unspecified atom stereocenters. The summed E-state index contributed by atoms with van der Waals surface area (Å²) in [4.78, 5) is 29.6. The minimum atomic E-state index is -0.0519. The molecule has 1 saturated heterocycles. The molecule has 0 bridgehead atoms. The Morgan fingerprint density at radius 3 is 2.64 bits per heavy atom. The number of carbonyl (C=O) groups is 2. The Bertz CT molecular complexity index is 759. The van der Waals surface area contributed by atoms with Crippen molar-refractivity contribution in [2.24, 2.45) is 0 Å². The Hall–Kier alpha value is -2.18. The molecule has 1 aliphatic heterocycles. The molecule has 1 aromatic heterocycles. The minimum Gasteiger partial charge on any atom is -0.351 e. The average Bonchev–Trinajstić information content (AvgIpc) is 3.14. The van der Waals surface area contributed by atoms with Crippen LogP contribution >= 0.6 is 11.3 Å². The van der Waals surface area contributed by atoms with Crippen molar-refractivity contribution in [2.75, 3.05) is 32.7 Å². The van der Waals surface area contributed by atoms with E-state index < -0.39 is 0 Å². The second-order valence-electron chi connectivity index (χ2n) is 7.33. The lowest BCUT2D eigenvalue weighted by Crippen LogP contribution is -2.35. The highest BCUT2D eigenvalue weighted by molar-refractivity contribution is 7.12. The van der Waals surface area contributed by atoms with Crippen molar-refractivity contribution in [2.45, 2.75) is 32.7 Å². The van der Waals surface area contributed by atoms with E-state index in [2.05, 4.69) is 41.4 Å². The van der Waals surface area contributed by atoms with Crippen LogP contribution in [0.4, 0.5) is 0 Å².